The largest absolute Gasteiger partial charge is 0.508 e. The molecule has 0 aliphatic heterocycles. The summed E-state index contributed by atoms with van der Waals surface area (Å²) >= 11 is 0. The van der Waals surface area contributed by atoms with Crippen LogP contribution in [-0.4, -0.2) is 78.5 Å². The van der Waals surface area contributed by atoms with Gasteiger partial charge in [0.25, 0.3) is 0 Å². The topological polar surface area (TPSA) is 229 Å². The number of aromatic hydroxyl groups is 1. The van der Waals surface area contributed by atoms with Crippen molar-refractivity contribution in [2.45, 2.75) is 57.6 Å². The van der Waals surface area contributed by atoms with Crippen LogP contribution in [0.4, 0.5) is 4.79 Å². The summed E-state index contributed by atoms with van der Waals surface area (Å²) in [6, 6.07) is 14.2. The smallest absolute Gasteiger partial charge is 0.410 e. The van der Waals surface area contributed by atoms with Crippen molar-refractivity contribution >= 4 is 29.7 Å². The minimum absolute atomic E-state index is 0.00932. The summed E-state index contributed by atoms with van der Waals surface area (Å²) in [5, 5.41) is 21.1. The number of primary amides is 1. The second-order valence-corrected chi connectivity index (χ2v) is 10.4. The van der Waals surface area contributed by atoms with Gasteiger partial charge in [0.1, 0.15) is 18.4 Å². The summed E-state index contributed by atoms with van der Waals surface area (Å²) in [4.78, 5) is 65.6. The number of benzene rings is 2. The molecule has 0 spiro atoms. The molecule has 0 radical (unpaired) electrons. The molecule has 0 unspecified atom stereocenters. The number of rotatable bonds is 21. The van der Waals surface area contributed by atoms with Gasteiger partial charge in [-0.3, -0.25) is 19.2 Å². The average molecular weight is 639 g/mol. The van der Waals surface area contributed by atoms with E-state index < -0.39 is 29.9 Å². The van der Waals surface area contributed by atoms with Crippen LogP contribution in [0, 0.1) is 0 Å². The van der Waals surface area contributed by atoms with Crippen LogP contribution in [0.3, 0.4) is 0 Å². The van der Waals surface area contributed by atoms with E-state index in [0.29, 0.717) is 44.3 Å². The molecule has 5 amide bonds. The highest BCUT2D eigenvalue weighted by Gasteiger charge is 2.23. The zero-order chi connectivity index (χ0) is 33.6. The van der Waals surface area contributed by atoms with Gasteiger partial charge in [0.05, 0.1) is 12.8 Å². The zero-order valence-electron chi connectivity index (χ0n) is 25.7. The molecule has 15 heteroatoms. The molecule has 2 aromatic rings. The molecule has 0 bridgehead atoms. The SMILES string of the molecule is [N-]=[N+]=NCCCN(CCC(=O)NCCCCCNC(=O)[C@H](CC(N)=O)NC(=O)Cc1cccc(O)c1)C(=O)OCc1ccccc1. The van der Waals surface area contributed by atoms with Crippen molar-refractivity contribution in [2.24, 2.45) is 10.8 Å². The van der Waals surface area contributed by atoms with Gasteiger partial charge in [0.15, 0.2) is 0 Å². The van der Waals surface area contributed by atoms with Crippen LogP contribution in [0.2, 0.25) is 0 Å². The van der Waals surface area contributed by atoms with Gasteiger partial charge < -0.3 is 36.4 Å². The number of ether oxygens (including phenoxy) is 1. The Hall–Kier alpha value is -5.30. The number of phenolic OH excluding ortho intramolecular Hbond substituents is 1. The molecule has 0 aliphatic carbocycles. The molecule has 0 fully saturated rings. The van der Waals surface area contributed by atoms with Crippen molar-refractivity contribution in [3.8, 4) is 5.75 Å². The molecule has 0 aromatic heterocycles. The predicted octanol–water partition coefficient (Wildman–Crippen LogP) is 2.43. The molecule has 0 aliphatic rings. The number of azide groups is 1. The van der Waals surface area contributed by atoms with Crippen molar-refractivity contribution in [3.05, 3.63) is 76.2 Å². The number of hydrogen-bond donors (Lipinski definition) is 5. The predicted molar refractivity (Wildman–Crippen MR) is 169 cm³/mol. The van der Waals surface area contributed by atoms with Crippen molar-refractivity contribution < 1.29 is 33.8 Å². The van der Waals surface area contributed by atoms with Gasteiger partial charge in [-0.15, -0.1) is 0 Å². The van der Waals surface area contributed by atoms with Crippen LogP contribution in [0.25, 0.3) is 10.4 Å². The second-order valence-electron chi connectivity index (χ2n) is 10.4. The number of nitrogens with one attached hydrogen (secondary N) is 3. The first-order valence-corrected chi connectivity index (χ1v) is 15.0. The lowest BCUT2D eigenvalue weighted by Crippen LogP contribution is -2.49. The third-order valence-corrected chi connectivity index (χ3v) is 6.63. The lowest BCUT2D eigenvalue weighted by atomic mass is 10.1. The van der Waals surface area contributed by atoms with Crippen molar-refractivity contribution in [2.75, 3.05) is 32.7 Å². The first-order chi connectivity index (χ1) is 22.2. The van der Waals surface area contributed by atoms with Crippen molar-refractivity contribution in [3.63, 3.8) is 0 Å². The van der Waals surface area contributed by atoms with E-state index >= 15 is 0 Å². The third kappa shape index (κ3) is 16.0. The monoisotopic (exact) mass is 638 g/mol. The molecular formula is C31H42N8O7. The fourth-order valence-corrected chi connectivity index (χ4v) is 4.30. The molecule has 6 N–H and O–H groups in total. The molecule has 2 aromatic carbocycles. The number of phenols is 1. The maximum absolute atomic E-state index is 12.6. The Bertz CT molecular complexity index is 1340. The number of unbranched alkanes of at least 4 members (excludes halogenated alkanes) is 2. The standard InChI is InChI=1S/C31H42N8O7/c32-27(41)21-26(37-29(43)20-24-11-7-12-25(40)19-24)30(44)35-15-6-2-5-14-34-28(42)13-18-39(17-8-16-36-38-33)31(45)46-22-23-9-3-1-4-10-23/h1,3-4,7,9-12,19,26,40H,2,5-6,8,13-18,20-22H2,(H2,32,41)(H,34,42)(H,35,44)(H,37,43)/t26-/m0/s1. The number of hydrogen-bond acceptors (Lipinski definition) is 8. The Morgan fingerprint density at radius 2 is 1.63 bits per heavy atom. The maximum atomic E-state index is 12.6. The van der Waals surface area contributed by atoms with E-state index in [1.807, 2.05) is 30.3 Å². The summed E-state index contributed by atoms with van der Waals surface area (Å²) in [6.45, 7) is 1.41. The fraction of sp³-hybridized carbons (Fsp3) is 0.452. The molecule has 1 atom stereocenters. The normalized spacial score (nSPS) is 11.0. The van der Waals surface area contributed by atoms with Gasteiger partial charge in [0.2, 0.25) is 23.6 Å². The summed E-state index contributed by atoms with van der Waals surface area (Å²) in [6.07, 6.45) is 1.40. The molecule has 15 nitrogen and oxygen atoms in total. The van der Waals surface area contributed by atoms with Crippen LogP contribution < -0.4 is 21.7 Å². The first-order valence-electron chi connectivity index (χ1n) is 15.0. The van der Waals surface area contributed by atoms with E-state index in [9.17, 15) is 29.1 Å². The van der Waals surface area contributed by atoms with E-state index in [4.69, 9.17) is 16.0 Å². The van der Waals surface area contributed by atoms with Crippen LogP contribution >= 0.6 is 0 Å². The van der Waals surface area contributed by atoms with E-state index in [-0.39, 0.29) is 57.2 Å². The molecule has 248 valence electrons. The van der Waals surface area contributed by atoms with E-state index in [1.54, 1.807) is 12.1 Å². The Labute approximate surface area is 267 Å². The van der Waals surface area contributed by atoms with Gasteiger partial charge in [0, 0.05) is 44.1 Å². The van der Waals surface area contributed by atoms with Crippen molar-refractivity contribution in [1.29, 1.82) is 0 Å². The minimum Gasteiger partial charge on any atom is -0.508 e. The van der Waals surface area contributed by atoms with Gasteiger partial charge in [-0.05, 0) is 54.5 Å². The Balaban J connectivity index is 1.67. The van der Waals surface area contributed by atoms with E-state index in [1.165, 1.54) is 17.0 Å². The molecular weight excluding hydrogens is 596 g/mol. The van der Waals surface area contributed by atoms with Crippen LogP contribution in [0.5, 0.6) is 5.75 Å². The fourth-order valence-electron chi connectivity index (χ4n) is 4.30. The van der Waals surface area contributed by atoms with Crippen LogP contribution in [0.15, 0.2) is 59.7 Å². The summed E-state index contributed by atoms with van der Waals surface area (Å²) < 4.78 is 5.38. The quantitative estimate of drug-likeness (QED) is 0.0593. The van der Waals surface area contributed by atoms with E-state index in [0.717, 1.165) is 5.56 Å². The second kappa shape index (κ2) is 21.4. The Morgan fingerprint density at radius 1 is 0.913 bits per heavy atom. The molecule has 0 heterocycles. The van der Waals surface area contributed by atoms with Gasteiger partial charge >= 0.3 is 6.09 Å². The lowest BCUT2D eigenvalue weighted by Gasteiger charge is -2.21. The van der Waals surface area contributed by atoms with Crippen LogP contribution in [0.1, 0.15) is 49.7 Å². The average Bonchev–Trinajstić information content (AvgIpc) is 3.02. The van der Waals surface area contributed by atoms with Crippen molar-refractivity contribution in [1.82, 2.24) is 20.9 Å². The number of carbonyl (C=O) groups excluding carboxylic acids is 5. The maximum Gasteiger partial charge on any atom is 0.410 e. The van der Waals surface area contributed by atoms with Gasteiger partial charge in [-0.2, -0.15) is 0 Å². The molecule has 46 heavy (non-hydrogen) atoms. The summed E-state index contributed by atoms with van der Waals surface area (Å²) in [5.41, 5.74) is 15.1. The number of carbonyl (C=O) groups is 5. The molecule has 0 saturated heterocycles. The zero-order valence-corrected chi connectivity index (χ0v) is 25.7. The number of nitrogens with zero attached hydrogens (tertiary/aromatic N) is 4. The van der Waals surface area contributed by atoms with E-state index in [2.05, 4.69) is 26.0 Å². The first kappa shape index (κ1) is 36.9. The minimum atomic E-state index is -1.13. The summed E-state index contributed by atoms with van der Waals surface area (Å²) in [5.74, 6) is -2.00. The highest BCUT2D eigenvalue weighted by Crippen LogP contribution is 2.11. The highest BCUT2D eigenvalue weighted by atomic mass is 16.6. The molecule has 2 rings (SSSR count). The van der Waals surface area contributed by atoms with Gasteiger partial charge in [-0.25, -0.2) is 4.79 Å². The molecule has 0 saturated carbocycles. The Kier molecular flexibility index (Phi) is 17.2. The Morgan fingerprint density at radius 3 is 2.33 bits per heavy atom. The lowest BCUT2D eigenvalue weighted by molar-refractivity contribution is -0.131. The van der Waals surface area contributed by atoms with Crippen LogP contribution in [-0.2, 0) is 36.9 Å². The number of amides is 5. The highest BCUT2D eigenvalue weighted by molar-refractivity contribution is 5.92. The summed E-state index contributed by atoms with van der Waals surface area (Å²) in [7, 11) is 0. The number of nitrogens with two attached hydrogens (primary N) is 1. The third-order valence-electron chi connectivity index (χ3n) is 6.63. The van der Waals surface area contributed by atoms with Gasteiger partial charge in [-0.1, -0.05) is 47.6 Å².